The minimum absolute atomic E-state index is 0.425. The molecule has 0 aliphatic carbocycles. The van der Waals surface area contributed by atoms with Crippen LogP contribution in [-0.4, -0.2) is 34.8 Å². The van der Waals surface area contributed by atoms with E-state index < -0.39 is 6.29 Å². The van der Waals surface area contributed by atoms with Crippen molar-refractivity contribution < 1.29 is 9.47 Å². The maximum absolute atomic E-state index is 5.41. The van der Waals surface area contributed by atoms with Gasteiger partial charge in [0.1, 0.15) is 5.69 Å². The van der Waals surface area contributed by atoms with E-state index >= 15 is 0 Å². The van der Waals surface area contributed by atoms with Crippen LogP contribution in [0, 0.1) is 0 Å². The number of ether oxygens (including phenoxy) is 2. The smallest absolute Gasteiger partial charge is 0.204 e. The Morgan fingerprint density at radius 1 is 1.40 bits per heavy atom. The van der Waals surface area contributed by atoms with Gasteiger partial charge in [0.15, 0.2) is 0 Å². The molecule has 0 aliphatic heterocycles. The fourth-order valence-corrected chi connectivity index (χ4v) is 1.18. The largest absolute Gasteiger partial charge is 0.347 e. The van der Waals surface area contributed by atoms with Crippen molar-refractivity contribution in [2.75, 3.05) is 19.8 Å². The average Bonchev–Trinajstić information content (AvgIpc) is 2.67. The minimum atomic E-state index is -0.425. The first kappa shape index (κ1) is 12.1. The Morgan fingerprint density at radius 3 is 2.60 bits per heavy atom. The van der Waals surface area contributed by atoms with Crippen molar-refractivity contribution in [3.05, 3.63) is 11.9 Å². The summed E-state index contributed by atoms with van der Waals surface area (Å²) in [4.78, 5) is 0. The quantitative estimate of drug-likeness (QED) is 0.661. The Labute approximate surface area is 89.3 Å². The number of aromatic nitrogens is 3. The first-order chi connectivity index (χ1) is 7.31. The molecule has 6 heteroatoms. The molecular weight excluding hydrogens is 196 g/mol. The monoisotopic (exact) mass is 214 g/mol. The highest BCUT2D eigenvalue weighted by Crippen LogP contribution is 2.15. The van der Waals surface area contributed by atoms with Gasteiger partial charge in [-0.25, -0.2) is 0 Å². The molecule has 0 aliphatic rings. The molecule has 0 saturated carbocycles. The van der Waals surface area contributed by atoms with Crippen molar-refractivity contribution >= 4 is 0 Å². The Hall–Kier alpha value is -0.980. The second-order valence-electron chi connectivity index (χ2n) is 2.94. The lowest BCUT2D eigenvalue weighted by Crippen LogP contribution is -2.10. The van der Waals surface area contributed by atoms with Gasteiger partial charge in [-0.05, 0) is 13.8 Å². The summed E-state index contributed by atoms with van der Waals surface area (Å²) in [7, 11) is 0. The SMILES string of the molecule is CCOC(OCC)c1cn(CCN)nn1. The molecule has 1 aromatic heterocycles. The van der Waals surface area contributed by atoms with Gasteiger partial charge in [-0.2, -0.15) is 0 Å². The van der Waals surface area contributed by atoms with Crippen LogP contribution in [0.5, 0.6) is 0 Å². The summed E-state index contributed by atoms with van der Waals surface area (Å²) >= 11 is 0. The van der Waals surface area contributed by atoms with E-state index in [1.54, 1.807) is 10.9 Å². The zero-order valence-electron chi connectivity index (χ0n) is 9.22. The van der Waals surface area contributed by atoms with Gasteiger partial charge in [0.2, 0.25) is 6.29 Å². The first-order valence-corrected chi connectivity index (χ1v) is 5.15. The van der Waals surface area contributed by atoms with Gasteiger partial charge in [-0.15, -0.1) is 5.10 Å². The maximum atomic E-state index is 5.41. The van der Waals surface area contributed by atoms with Crippen molar-refractivity contribution in [1.82, 2.24) is 15.0 Å². The van der Waals surface area contributed by atoms with Gasteiger partial charge < -0.3 is 15.2 Å². The molecule has 0 atom stereocenters. The van der Waals surface area contributed by atoms with Crippen LogP contribution in [0.4, 0.5) is 0 Å². The van der Waals surface area contributed by atoms with Crippen LogP contribution in [-0.2, 0) is 16.0 Å². The van der Waals surface area contributed by atoms with Gasteiger partial charge in [-0.1, -0.05) is 5.21 Å². The Kier molecular flexibility index (Phi) is 5.23. The Morgan fingerprint density at radius 2 is 2.07 bits per heavy atom. The fourth-order valence-electron chi connectivity index (χ4n) is 1.18. The van der Waals surface area contributed by atoms with Crippen molar-refractivity contribution in [3.8, 4) is 0 Å². The lowest BCUT2D eigenvalue weighted by molar-refractivity contribution is -0.142. The van der Waals surface area contributed by atoms with E-state index in [9.17, 15) is 0 Å². The third-order valence-electron chi connectivity index (χ3n) is 1.79. The number of hydrogen-bond donors (Lipinski definition) is 1. The zero-order valence-corrected chi connectivity index (χ0v) is 9.22. The predicted octanol–water partition coefficient (Wildman–Crippen LogP) is 0.308. The van der Waals surface area contributed by atoms with Gasteiger partial charge >= 0.3 is 0 Å². The average molecular weight is 214 g/mol. The van der Waals surface area contributed by atoms with Crippen LogP contribution in [0.15, 0.2) is 6.20 Å². The summed E-state index contributed by atoms with van der Waals surface area (Å²) in [5.74, 6) is 0. The molecule has 0 amide bonds. The van der Waals surface area contributed by atoms with Gasteiger partial charge in [0, 0.05) is 19.8 Å². The summed E-state index contributed by atoms with van der Waals surface area (Å²) < 4.78 is 12.5. The minimum Gasteiger partial charge on any atom is -0.347 e. The van der Waals surface area contributed by atoms with Crippen LogP contribution < -0.4 is 5.73 Å². The van der Waals surface area contributed by atoms with Crippen LogP contribution >= 0.6 is 0 Å². The first-order valence-electron chi connectivity index (χ1n) is 5.15. The molecule has 2 N–H and O–H groups in total. The van der Waals surface area contributed by atoms with E-state index in [0.717, 1.165) is 0 Å². The third kappa shape index (κ3) is 3.58. The van der Waals surface area contributed by atoms with Crippen LogP contribution in [0.2, 0.25) is 0 Å². The van der Waals surface area contributed by atoms with Crippen LogP contribution in [0.25, 0.3) is 0 Å². The summed E-state index contributed by atoms with van der Waals surface area (Å²) in [6.45, 7) is 6.17. The van der Waals surface area contributed by atoms with E-state index in [-0.39, 0.29) is 0 Å². The van der Waals surface area contributed by atoms with E-state index in [0.29, 0.717) is 32.0 Å². The van der Waals surface area contributed by atoms with Crippen LogP contribution in [0.3, 0.4) is 0 Å². The van der Waals surface area contributed by atoms with Gasteiger partial charge in [0.05, 0.1) is 12.7 Å². The standard InChI is InChI=1S/C9H18N4O2/c1-3-14-9(15-4-2)8-7-13(6-5-10)12-11-8/h7,9H,3-6,10H2,1-2H3. The summed E-state index contributed by atoms with van der Waals surface area (Å²) in [5.41, 5.74) is 6.10. The summed E-state index contributed by atoms with van der Waals surface area (Å²) in [6.07, 6.45) is 1.37. The molecule has 1 heterocycles. The van der Waals surface area contributed by atoms with Crippen molar-refractivity contribution in [2.45, 2.75) is 26.7 Å². The number of nitrogens with zero attached hydrogens (tertiary/aromatic N) is 3. The molecule has 15 heavy (non-hydrogen) atoms. The lowest BCUT2D eigenvalue weighted by Gasteiger charge is -2.13. The number of hydrogen-bond acceptors (Lipinski definition) is 5. The van der Waals surface area contributed by atoms with Crippen molar-refractivity contribution in [3.63, 3.8) is 0 Å². The highest BCUT2D eigenvalue weighted by Gasteiger charge is 2.15. The number of nitrogens with two attached hydrogens (primary N) is 1. The second kappa shape index (κ2) is 6.49. The molecule has 0 radical (unpaired) electrons. The Bertz CT molecular complexity index is 271. The highest BCUT2D eigenvalue weighted by molar-refractivity contribution is 4.94. The lowest BCUT2D eigenvalue weighted by atomic mass is 10.4. The van der Waals surface area contributed by atoms with E-state index in [2.05, 4.69) is 10.3 Å². The predicted molar refractivity (Wildman–Crippen MR) is 55.1 cm³/mol. The van der Waals surface area contributed by atoms with Crippen LogP contribution in [0.1, 0.15) is 25.8 Å². The van der Waals surface area contributed by atoms with E-state index in [1.807, 2.05) is 13.8 Å². The number of rotatable bonds is 7. The molecular formula is C9H18N4O2. The molecule has 0 bridgehead atoms. The van der Waals surface area contributed by atoms with Gasteiger partial charge in [-0.3, -0.25) is 4.68 Å². The second-order valence-corrected chi connectivity index (χ2v) is 2.94. The topological polar surface area (TPSA) is 75.2 Å². The van der Waals surface area contributed by atoms with E-state index in [4.69, 9.17) is 15.2 Å². The molecule has 0 unspecified atom stereocenters. The van der Waals surface area contributed by atoms with Crippen molar-refractivity contribution in [1.29, 1.82) is 0 Å². The molecule has 0 spiro atoms. The molecule has 1 aromatic rings. The molecule has 0 aromatic carbocycles. The molecule has 6 nitrogen and oxygen atoms in total. The third-order valence-corrected chi connectivity index (χ3v) is 1.79. The van der Waals surface area contributed by atoms with Crippen molar-refractivity contribution in [2.24, 2.45) is 5.73 Å². The summed E-state index contributed by atoms with van der Waals surface area (Å²) in [6, 6.07) is 0. The maximum Gasteiger partial charge on any atom is 0.204 e. The van der Waals surface area contributed by atoms with Gasteiger partial charge in [0.25, 0.3) is 0 Å². The molecule has 0 saturated heterocycles. The van der Waals surface area contributed by atoms with E-state index in [1.165, 1.54) is 0 Å². The molecule has 1 rings (SSSR count). The summed E-state index contributed by atoms with van der Waals surface area (Å²) in [5, 5.41) is 7.90. The molecule has 0 fully saturated rings. The highest BCUT2D eigenvalue weighted by atomic mass is 16.7. The molecule has 86 valence electrons. The fraction of sp³-hybridized carbons (Fsp3) is 0.778. The zero-order chi connectivity index (χ0) is 11.1. The normalized spacial score (nSPS) is 11.2. The Balaban J connectivity index is 2.63.